The number of likely N-dealkylation sites (tertiary alicyclic amines) is 1. The van der Waals surface area contributed by atoms with Gasteiger partial charge in [-0.05, 0) is 19.3 Å². The number of carboxylic acids is 1. The molecule has 2 fully saturated rings. The molecule has 96 valence electrons. The minimum Gasteiger partial charge on any atom is -0.481 e. The number of carbonyl (C=O) groups excluding carboxylic acids is 1. The number of rotatable bonds is 3. The van der Waals surface area contributed by atoms with E-state index in [-0.39, 0.29) is 30.4 Å². The van der Waals surface area contributed by atoms with Crippen LogP contribution in [0.4, 0.5) is 0 Å². The van der Waals surface area contributed by atoms with Crippen LogP contribution in [0.25, 0.3) is 0 Å². The number of carbonyl (C=O) groups is 2. The molecule has 0 radical (unpaired) electrons. The Balaban J connectivity index is 1.98. The predicted molar refractivity (Wildman–Crippen MR) is 60.3 cm³/mol. The summed E-state index contributed by atoms with van der Waals surface area (Å²) in [5.74, 6) is -0.956. The molecule has 3 atom stereocenters. The third-order valence-electron chi connectivity index (χ3n) is 3.93. The van der Waals surface area contributed by atoms with Crippen molar-refractivity contribution in [2.75, 3.05) is 13.2 Å². The van der Waals surface area contributed by atoms with Crippen LogP contribution in [0.5, 0.6) is 0 Å². The standard InChI is InChI=1S/C12H19NO4/c14-7-8-4-11(15)13(6-8)10-3-1-2-9(5-10)12(16)17/h8-10,14H,1-7H2,(H,16,17). The first kappa shape index (κ1) is 12.4. The summed E-state index contributed by atoms with van der Waals surface area (Å²) >= 11 is 0. The molecule has 1 saturated heterocycles. The van der Waals surface area contributed by atoms with E-state index >= 15 is 0 Å². The lowest BCUT2D eigenvalue weighted by Gasteiger charge is -2.34. The number of hydrogen-bond donors (Lipinski definition) is 2. The van der Waals surface area contributed by atoms with E-state index in [9.17, 15) is 9.59 Å². The van der Waals surface area contributed by atoms with Gasteiger partial charge in [0.05, 0.1) is 5.92 Å². The summed E-state index contributed by atoms with van der Waals surface area (Å²) in [4.78, 5) is 24.5. The smallest absolute Gasteiger partial charge is 0.306 e. The van der Waals surface area contributed by atoms with Gasteiger partial charge in [0.15, 0.2) is 0 Å². The van der Waals surface area contributed by atoms with Crippen LogP contribution < -0.4 is 0 Å². The second-order valence-electron chi connectivity index (χ2n) is 5.15. The number of carboxylic acid groups (broad SMARTS) is 1. The maximum atomic E-state index is 11.8. The highest BCUT2D eigenvalue weighted by Crippen LogP contribution is 2.31. The Morgan fingerprint density at radius 3 is 2.76 bits per heavy atom. The van der Waals surface area contributed by atoms with Gasteiger partial charge in [-0.25, -0.2) is 0 Å². The number of amides is 1. The van der Waals surface area contributed by atoms with Crippen molar-refractivity contribution >= 4 is 11.9 Å². The van der Waals surface area contributed by atoms with Gasteiger partial charge >= 0.3 is 5.97 Å². The van der Waals surface area contributed by atoms with Crippen molar-refractivity contribution in [2.24, 2.45) is 11.8 Å². The first-order valence-corrected chi connectivity index (χ1v) is 6.25. The number of aliphatic carboxylic acids is 1. The van der Waals surface area contributed by atoms with Crippen molar-refractivity contribution in [3.05, 3.63) is 0 Å². The van der Waals surface area contributed by atoms with Gasteiger partial charge in [-0.2, -0.15) is 0 Å². The average molecular weight is 241 g/mol. The Labute approximate surface area is 100 Å². The van der Waals surface area contributed by atoms with E-state index in [4.69, 9.17) is 10.2 Å². The molecule has 2 aliphatic rings. The number of aliphatic hydroxyl groups excluding tert-OH is 1. The Morgan fingerprint density at radius 1 is 1.41 bits per heavy atom. The van der Waals surface area contributed by atoms with Crippen molar-refractivity contribution < 1.29 is 19.8 Å². The molecule has 1 aliphatic heterocycles. The molecule has 0 spiro atoms. The first-order chi connectivity index (χ1) is 8.11. The van der Waals surface area contributed by atoms with Crippen molar-refractivity contribution in [2.45, 2.75) is 38.1 Å². The topological polar surface area (TPSA) is 77.8 Å². The van der Waals surface area contributed by atoms with E-state index in [0.717, 1.165) is 19.3 Å². The normalized spacial score (nSPS) is 34.1. The molecule has 1 amide bonds. The summed E-state index contributed by atoms with van der Waals surface area (Å²) in [6, 6.07) is 0.0638. The van der Waals surface area contributed by atoms with Crippen LogP contribution in [-0.2, 0) is 9.59 Å². The Hall–Kier alpha value is -1.10. The van der Waals surface area contributed by atoms with E-state index in [1.807, 2.05) is 0 Å². The molecule has 1 aliphatic carbocycles. The third kappa shape index (κ3) is 2.60. The number of nitrogens with zero attached hydrogens (tertiary/aromatic N) is 1. The van der Waals surface area contributed by atoms with Crippen LogP contribution in [0.1, 0.15) is 32.1 Å². The van der Waals surface area contributed by atoms with Crippen molar-refractivity contribution in [1.29, 1.82) is 0 Å². The highest BCUT2D eigenvalue weighted by atomic mass is 16.4. The lowest BCUT2D eigenvalue weighted by molar-refractivity contribution is -0.144. The van der Waals surface area contributed by atoms with Crippen LogP contribution in [0, 0.1) is 11.8 Å². The van der Waals surface area contributed by atoms with Gasteiger partial charge in [0.2, 0.25) is 5.91 Å². The van der Waals surface area contributed by atoms with Crippen LogP contribution in [-0.4, -0.2) is 46.2 Å². The van der Waals surface area contributed by atoms with Crippen LogP contribution >= 0.6 is 0 Å². The largest absolute Gasteiger partial charge is 0.481 e. The first-order valence-electron chi connectivity index (χ1n) is 6.25. The van der Waals surface area contributed by atoms with E-state index in [1.165, 1.54) is 0 Å². The van der Waals surface area contributed by atoms with Gasteiger partial charge in [-0.3, -0.25) is 9.59 Å². The Kier molecular flexibility index (Phi) is 3.66. The van der Waals surface area contributed by atoms with Crippen LogP contribution in [0.3, 0.4) is 0 Å². The fourth-order valence-electron chi connectivity index (χ4n) is 2.96. The molecule has 3 unspecified atom stereocenters. The third-order valence-corrected chi connectivity index (χ3v) is 3.93. The van der Waals surface area contributed by atoms with E-state index in [2.05, 4.69) is 0 Å². The highest BCUT2D eigenvalue weighted by Gasteiger charge is 2.37. The monoisotopic (exact) mass is 241 g/mol. The van der Waals surface area contributed by atoms with Crippen molar-refractivity contribution in [1.82, 2.24) is 4.90 Å². The Morgan fingerprint density at radius 2 is 2.18 bits per heavy atom. The fourth-order valence-corrected chi connectivity index (χ4v) is 2.96. The summed E-state index contributed by atoms with van der Waals surface area (Å²) < 4.78 is 0. The van der Waals surface area contributed by atoms with E-state index < -0.39 is 5.97 Å². The molecule has 0 bridgehead atoms. The summed E-state index contributed by atoms with van der Waals surface area (Å²) in [5.41, 5.74) is 0. The molecular formula is C12H19NO4. The maximum absolute atomic E-state index is 11.8. The number of hydrogen-bond acceptors (Lipinski definition) is 3. The minimum absolute atomic E-state index is 0.0349. The SMILES string of the molecule is O=C(O)C1CCCC(N2CC(CO)CC2=O)C1. The van der Waals surface area contributed by atoms with E-state index in [0.29, 0.717) is 19.4 Å². The van der Waals surface area contributed by atoms with Gasteiger partial charge in [-0.15, -0.1) is 0 Å². The van der Waals surface area contributed by atoms with Gasteiger partial charge in [0, 0.05) is 31.5 Å². The highest BCUT2D eigenvalue weighted by molar-refractivity contribution is 5.79. The molecule has 17 heavy (non-hydrogen) atoms. The zero-order chi connectivity index (χ0) is 12.4. The Bertz CT molecular complexity index is 318. The molecule has 0 aromatic carbocycles. The second-order valence-corrected chi connectivity index (χ2v) is 5.15. The molecule has 1 saturated carbocycles. The summed E-state index contributed by atoms with van der Waals surface area (Å²) in [5, 5.41) is 18.1. The average Bonchev–Trinajstić information content (AvgIpc) is 2.71. The molecule has 5 heteroatoms. The maximum Gasteiger partial charge on any atom is 0.306 e. The quantitative estimate of drug-likeness (QED) is 0.753. The van der Waals surface area contributed by atoms with Crippen molar-refractivity contribution in [3.63, 3.8) is 0 Å². The fraction of sp³-hybridized carbons (Fsp3) is 0.833. The van der Waals surface area contributed by atoms with Crippen LogP contribution in [0.2, 0.25) is 0 Å². The summed E-state index contributed by atoms with van der Waals surface area (Å²) in [7, 11) is 0. The minimum atomic E-state index is -0.750. The van der Waals surface area contributed by atoms with Crippen molar-refractivity contribution in [3.8, 4) is 0 Å². The zero-order valence-electron chi connectivity index (χ0n) is 9.84. The summed E-state index contributed by atoms with van der Waals surface area (Å²) in [6.45, 7) is 0.629. The van der Waals surface area contributed by atoms with Gasteiger partial charge in [0.1, 0.15) is 0 Å². The lowest BCUT2D eigenvalue weighted by Crippen LogP contribution is -2.41. The van der Waals surface area contributed by atoms with Gasteiger partial charge in [0.25, 0.3) is 0 Å². The molecular weight excluding hydrogens is 222 g/mol. The molecule has 2 rings (SSSR count). The molecule has 0 aromatic heterocycles. The van der Waals surface area contributed by atoms with Gasteiger partial charge in [-0.1, -0.05) is 6.42 Å². The lowest BCUT2D eigenvalue weighted by atomic mass is 9.85. The van der Waals surface area contributed by atoms with Crippen LogP contribution in [0.15, 0.2) is 0 Å². The van der Waals surface area contributed by atoms with Gasteiger partial charge < -0.3 is 15.1 Å². The molecule has 0 aromatic rings. The predicted octanol–water partition coefficient (Wildman–Crippen LogP) is 0.471. The van der Waals surface area contributed by atoms with E-state index in [1.54, 1.807) is 4.90 Å². The second kappa shape index (κ2) is 5.04. The number of aliphatic hydroxyl groups is 1. The summed E-state index contributed by atoms with van der Waals surface area (Å²) in [6.07, 6.45) is 3.46. The molecule has 5 nitrogen and oxygen atoms in total. The molecule has 1 heterocycles. The zero-order valence-corrected chi connectivity index (χ0v) is 9.84. The molecule has 2 N–H and O–H groups in total.